The Morgan fingerprint density at radius 3 is 2.66 bits per heavy atom. The molecule has 0 radical (unpaired) electrons. The number of aryl methyl sites for hydroxylation is 1. The average molecular weight is 600 g/mol. The van der Waals surface area contributed by atoms with Crippen LogP contribution in [0.5, 0.6) is 5.75 Å². The van der Waals surface area contributed by atoms with Gasteiger partial charge in [-0.15, -0.1) is 0 Å². The zero-order valence-electron chi connectivity index (χ0n) is 26.3. The molecule has 0 unspecified atom stereocenters. The van der Waals surface area contributed by atoms with E-state index in [9.17, 15) is 9.59 Å². The molecule has 2 saturated carbocycles. The summed E-state index contributed by atoms with van der Waals surface area (Å²) < 4.78 is 15.7. The number of rotatable bonds is 7. The largest absolute Gasteiger partial charge is 0.494 e. The van der Waals surface area contributed by atoms with Crippen LogP contribution in [0.4, 0.5) is 4.79 Å². The van der Waals surface area contributed by atoms with Crippen LogP contribution >= 0.6 is 0 Å². The number of carbonyl (C=O) groups is 2. The van der Waals surface area contributed by atoms with Crippen LogP contribution in [0.1, 0.15) is 50.4 Å². The van der Waals surface area contributed by atoms with Crippen molar-refractivity contribution in [1.82, 2.24) is 34.6 Å². The second-order valence-electron chi connectivity index (χ2n) is 13.6. The normalized spacial score (nSPS) is 23.1. The van der Waals surface area contributed by atoms with Gasteiger partial charge in [-0.2, -0.15) is 0 Å². The van der Waals surface area contributed by atoms with Crippen molar-refractivity contribution in [3.05, 3.63) is 42.1 Å². The lowest BCUT2D eigenvalue weighted by atomic mass is 10.0. The number of likely N-dealkylation sites (N-methyl/N-ethyl adjacent to an activating group) is 1. The van der Waals surface area contributed by atoms with E-state index in [0.717, 1.165) is 41.0 Å². The van der Waals surface area contributed by atoms with Gasteiger partial charge in [0, 0.05) is 49.2 Å². The van der Waals surface area contributed by atoms with Gasteiger partial charge in [0.25, 0.3) is 5.91 Å². The Bertz CT molecular complexity index is 1770. The van der Waals surface area contributed by atoms with Gasteiger partial charge in [0.15, 0.2) is 5.82 Å². The van der Waals surface area contributed by atoms with Gasteiger partial charge in [-0.25, -0.2) is 14.8 Å². The van der Waals surface area contributed by atoms with E-state index < -0.39 is 11.7 Å². The number of benzene rings is 1. The van der Waals surface area contributed by atoms with Crippen LogP contribution in [0, 0.1) is 11.8 Å². The molecular formula is C33H41N7O4. The lowest BCUT2D eigenvalue weighted by Gasteiger charge is -2.33. The molecule has 11 heteroatoms. The van der Waals surface area contributed by atoms with Crippen molar-refractivity contribution in [1.29, 1.82) is 0 Å². The summed E-state index contributed by atoms with van der Waals surface area (Å²) in [7, 11) is 5.52. The van der Waals surface area contributed by atoms with Crippen molar-refractivity contribution in [3.63, 3.8) is 0 Å². The second kappa shape index (κ2) is 10.5. The van der Waals surface area contributed by atoms with Crippen LogP contribution in [-0.2, 0) is 18.3 Å². The Hall–Kier alpha value is -4.12. The minimum atomic E-state index is -0.601. The number of fused-ring (bicyclic) bond motifs is 4. The fraction of sp³-hybridized carbons (Fsp3) is 0.515. The molecule has 3 aromatic heterocycles. The monoisotopic (exact) mass is 599 g/mol. The average Bonchev–Trinajstić information content (AvgIpc) is 3.37. The highest BCUT2D eigenvalue weighted by Gasteiger charge is 2.54. The van der Waals surface area contributed by atoms with Crippen molar-refractivity contribution in [2.75, 3.05) is 20.7 Å². The number of nitrogens with zero attached hydrogens (tertiary/aromatic N) is 5. The molecule has 2 bridgehead atoms. The summed E-state index contributed by atoms with van der Waals surface area (Å²) in [6.45, 7) is 7.00. The number of hydrogen-bond donors (Lipinski definition) is 2. The van der Waals surface area contributed by atoms with Gasteiger partial charge in [0.05, 0.1) is 30.4 Å². The van der Waals surface area contributed by atoms with Gasteiger partial charge >= 0.3 is 6.09 Å². The van der Waals surface area contributed by atoms with Crippen LogP contribution in [0.3, 0.4) is 0 Å². The van der Waals surface area contributed by atoms with Gasteiger partial charge in [0.2, 0.25) is 0 Å². The Balaban J connectivity index is 1.24. The smallest absolute Gasteiger partial charge is 0.407 e. The molecule has 1 saturated heterocycles. The highest BCUT2D eigenvalue weighted by Crippen LogP contribution is 2.41. The fourth-order valence-electron chi connectivity index (χ4n) is 7.27. The number of ether oxygens (including phenoxy) is 2. The molecule has 2 N–H and O–H groups in total. The van der Waals surface area contributed by atoms with Crippen molar-refractivity contribution >= 4 is 34.1 Å². The van der Waals surface area contributed by atoms with E-state index in [-0.39, 0.29) is 30.0 Å². The van der Waals surface area contributed by atoms with E-state index in [1.807, 2.05) is 64.2 Å². The maximum atomic E-state index is 14.2. The maximum Gasteiger partial charge on any atom is 0.407 e. The van der Waals surface area contributed by atoms with E-state index in [1.165, 1.54) is 12.8 Å². The van der Waals surface area contributed by atoms with Crippen LogP contribution in [0.15, 0.2) is 36.5 Å². The first-order chi connectivity index (χ1) is 21.1. The minimum Gasteiger partial charge on any atom is -0.494 e. The molecule has 4 atom stereocenters. The summed E-state index contributed by atoms with van der Waals surface area (Å²) in [4.78, 5) is 38.6. The predicted molar refractivity (Wildman–Crippen MR) is 168 cm³/mol. The van der Waals surface area contributed by atoms with Crippen molar-refractivity contribution in [2.24, 2.45) is 18.9 Å². The van der Waals surface area contributed by atoms with E-state index >= 15 is 0 Å². The number of carbonyl (C=O) groups excluding carboxylic acids is 2. The number of pyridine rings is 1. The summed E-state index contributed by atoms with van der Waals surface area (Å²) in [6, 6.07) is 9.55. The molecule has 4 heterocycles. The number of alkyl carbamates (subject to hydrolysis) is 1. The summed E-state index contributed by atoms with van der Waals surface area (Å²) in [5.74, 6) is 2.08. The van der Waals surface area contributed by atoms with E-state index in [1.54, 1.807) is 7.11 Å². The Kier molecular flexibility index (Phi) is 6.84. The summed E-state index contributed by atoms with van der Waals surface area (Å²) in [6.07, 6.45) is 4.72. The lowest BCUT2D eigenvalue weighted by Crippen LogP contribution is -2.54. The molecule has 232 valence electrons. The Morgan fingerprint density at radius 2 is 1.95 bits per heavy atom. The first-order valence-corrected chi connectivity index (χ1v) is 15.5. The summed E-state index contributed by atoms with van der Waals surface area (Å²) >= 11 is 0. The van der Waals surface area contributed by atoms with Crippen LogP contribution in [0.2, 0.25) is 0 Å². The molecule has 11 nitrogen and oxygen atoms in total. The number of methoxy groups -OCH3 is 1. The fourth-order valence-corrected chi connectivity index (χ4v) is 7.27. The minimum absolute atomic E-state index is 0.0618. The Labute approximate surface area is 256 Å². The van der Waals surface area contributed by atoms with Crippen molar-refractivity contribution in [2.45, 2.75) is 70.3 Å². The van der Waals surface area contributed by atoms with Crippen molar-refractivity contribution in [3.8, 4) is 17.3 Å². The molecular weight excluding hydrogens is 558 g/mol. The van der Waals surface area contributed by atoms with Crippen LogP contribution < -0.4 is 15.4 Å². The molecule has 2 amide bonds. The molecule has 3 fully saturated rings. The number of amides is 2. The highest BCUT2D eigenvalue weighted by atomic mass is 16.6. The molecule has 3 aliphatic rings. The van der Waals surface area contributed by atoms with Gasteiger partial charge in [-0.3, -0.25) is 4.79 Å². The van der Waals surface area contributed by atoms with E-state index in [2.05, 4.69) is 31.9 Å². The number of nitrogens with one attached hydrogen (secondary N) is 2. The van der Waals surface area contributed by atoms with Crippen molar-refractivity contribution < 1.29 is 19.1 Å². The van der Waals surface area contributed by atoms with E-state index in [0.29, 0.717) is 29.3 Å². The SMILES string of the molecule is CN[C@H]1C[C@@H]2CN(C(=O)c3cc(OC)c4c(c3)nc(-c3cc5cccnc5n3CC3CC3)n4C)[C@H]1[C@@H]2NC(=O)OC(C)(C)C. The topological polar surface area (TPSA) is 116 Å². The molecule has 4 aromatic rings. The van der Waals surface area contributed by atoms with Gasteiger partial charge in [-0.05, 0) is 83.3 Å². The van der Waals surface area contributed by atoms with Crippen LogP contribution in [0.25, 0.3) is 33.6 Å². The third kappa shape index (κ3) is 4.87. The number of likely N-dealkylation sites (tertiary alicyclic amines) is 1. The second-order valence-corrected chi connectivity index (χ2v) is 13.6. The lowest BCUT2D eigenvalue weighted by molar-refractivity contribution is 0.0480. The van der Waals surface area contributed by atoms with Gasteiger partial charge < -0.3 is 34.1 Å². The third-order valence-corrected chi connectivity index (χ3v) is 9.37. The standard InChI is InChI=1S/C33H41N7O4/c1-33(2,3)44-32(42)37-26-21-13-22(34-4)28(26)40(17-21)31(41)20-12-23-27(25(15-20)43-6)38(5)30(36-23)24-14-19-8-7-11-35-29(19)39(24)16-18-9-10-18/h7-8,11-12,14-15,18,21-22,26,28,34H,9-10,13,16-17H2,1-6H3,(H,37,42)/t21-,22+,26-,28-/m1/s1. The molecule has 2 aliphatic carbocycles. The van der Waals surface area contributed by atoms with Gasteiger partial charge in [-0.1, -0.05) is 0 Å². The molecule has 0 spiro atoms. The molecule has 44 heavy (non-hydrogen) atoms. The number of piperidine rings is 1. The Morgan fingerprint density at radius 1 is 1.16 bits per heavy atom. The number of aromatic nitrogens is 4. The number of hydrogen-bond acceptors (Lipinski definition) is 7. The predicted octanol–water partition coefficient (Wildman–Crippen LogP) is 4.33. The van der Waals surface area contributed by atoms with Crippen LogP contribution in [-0.4, -0.2) is 80.4 Å². The van der Waals surface area contributed by atoms with E-state index in [4.69, 9.17) is 19.4 Å². The maximum absolute atomic E-state index is 14.2. The number of imidazole rings is 1. The highest BCUT2D eigenvalue weighted by molar-refractivity contribution is 6.00. The first-order valence-electron chi connectivity index (χ1n) is 15.5. The molecule has 7 rings (SSSR count). The third-order valence-electron chi connectivity index (χ3n) is 9.37. The molecule has 1 aliphatic heterocycles. The summed E-state index contributed by atoms with van der Waals surface area (Å²) in [5.41, 5.74) is 3.40. The first kappa shape index (κ1) is 28.6. The zero-order chi connectivity index (χ0) is 30.9. The van der Waals surface area contributed by atoms with Gasteiger partial charge in [0.1, 0.15) is 22.5 Å². The quantitative estimate of drug-likeness (QED) is 0.325. The summed E-state index contributed by atoms with van der Waals surface area (Å²) in [5, 5.41) is 7.51. The molecule has 1 aromatic carbocycles. The zero-order valence-corrected chi connectivity index (χ0v) is 26.3.